The molecule has 68 valence electrons. The van der Waals surface area contributed by atoms with Crippen molar-refractivity contribution in [2.24, 2.45) is 5.41 Å². The van der Waals surface area contributed by atoms with Crippen LogP contribution in [0, 0.1) is 16.7 Å². The Morgan fingerprint density at radius 2 is 2.54 bits per heavy atom. The molecule has 1 aliphatic carbocycles. The van der Waals surface area contributed by atoms with Gasteiger partial charge in [-0.25, -0.2) is 0 Å². The minimum atomic E-state index is -0.452. The Balaban J connectivity index is 2.95. The summed E-state index contributed by atoms with van der Waals surface area (Å²) in [5, 5.41) is 8.89. The van der Waals surface area contributed by atoms with E-state index in [9.17, 15) is 4.79 Å². The summed E-state index contributed by atoms with van der Waals surface area (Å²) in [4.78, 5) is 11.4. The fraction of sp³-hybridized carbons (Fsp3) is 0.455. The summed E-state index contributed by atoms with van der Waals surface area (Å²) in [7, 11) is 0. The Kier molecular flexibility index (Phi) is 2.67. The molecule has 1 aliphatic rings. The lowest BCUT2D eigenvalue weighted by molar-refractivity contribution is -0.116. The Labute approximate surface area is 78.6 Å². The van der Waals surface area contributed by atoms with E-state index in [1.54, 1.807) is 12.2 Å². The highest BCUT2D eigenvalue weighted by Gasteiger charge is 2.28. The van der Waals surface area contributed by atoms with Crippen molar-refractivity contribution in [2.75, 3.05) is 0 Å². The molecular formula is C11H13NO. The van der Waals surface area contributed by atoms with Gasteiger partial charge in [0.2, 0.25) is 0 Å². The molecule has 0 aromatic rings. The van der Waals surface area contributed by atoms with Gasteiger partial charge in [0.1, 0.15) is 0 Å². The SMILES string of the molecule is C=CCC1=CC(C)(C#N)CCC1=O. The van der Waals surface area contributed by atoms with Gasteiger partial charge in [-0.05, 0) is 25.3 Å². The molecule has 2 heteroatoms. The summed E-state index contributed by atoms with van der Waals surface area (Å²) >= 11 is 0. The Morgan fingerprint density at radius 1 is 1.85 bits per heavy atom. The van der Waals surface area contributed by atoms with Crippen molar-refractivity contribution >= 4 is 5.78 Å². The highest BCUT2D eigenvalue weighted by molar-refractivity contribution is 5.96. The Bertz CT molecular complexity index is 309. The van der Waals surface area contributed by atoms with E-state index in [1.807, 2.05) is 6.92 Å². The van der Waals surface area contributed by atoms with Crippen molar-refractivity contribution in [3.63, 3.8) is 0 Å². The molecule has 1 atom stereocenters. The number of carbonyl (C=O) groups is 1. The maximum atomic E-state index is 11.4. The first kappa shape index (κ1) is 9.73. The van der Waals surface area contributed by atoms with E-state index in [4.69, 9.17) is 5.26 Å². The predicted octanol–water partition coefficient (Wildman–Crippen LogP) is 2.38. The maximum Gasteiger partial charge on any atom is 0.158 e. The summed E-state index contributed by atoms with van der Waals surface area (Å²) in [6.07, 6.45) is 5.20. The molecule has 13 heavy (non-hydrogen) atoms. The number of nitriles is 1. The third kappa shape index (κ3) is 2.06. The van der Waals surface area contributed by atoms with Crippen molar-refractivity contribution in [1.82, 2.24) is 0 Å². The van der Waals surface area contributed by atoms with Crippen LogP contribution in [0.2, 0.25) is 0 Å². The molecule has 0 radical (unpaired) electrons. The maximum absolute atomic E-state index is 11.4. The smallest absolute Gasteiger partial charge is 0.158 e. The zero-order valence-electron chi connectivity index (χ0n) is 7.84. The zero-order valence-corrected chi connectivity index (χ0v) is 7.84. The molecule has 0 saturated carbocycles. The van der Waals surface area contributed by atoms with E-state index < -0.39 is 5.41 Å². The number of nitrogens with zero attached hydrogens (tertiary/aromatic N) is 1. The van der Waals surface area contributed by atoms with Crippen molar-refractivity contribution in [3.05, 3.63) is 24.3 Å². The van der Waals surface area contributed by atoms with E-state index >= 15 is 0 Å². The minimum Gasteiger partial charge on any atom is -0.295 e. The zero-order chi connectivity index (χ0) is 9.90. The summed E-state index contributed by atoms with van der Waals surface area (Å²) in [6, 6.07) is 2.23. The number of rotatable bonds is 2. The Hall–Kier alpha value is -1.36. The monoisotopic (exact) mass is 175 g/mol. The fourth-order valence-electron chi connectivity index (χ4n) is 1.49. The topological polar surface area (TPSA) is 40.9 Å². The van der Waals surface area contributed by atoms with Gasteiger partial charge in [-0.1, -0.05) is 12.2 Å². The van der Waals surface area contributed by atoms with E-state index in [0.29, 0.717) is 19.3 Å². The predicted molar refractivity (Wildman–Crippen MR) is 50.9 cm³/mol. The lowest BCUT2D eigenvalue weighted by Crippen LogP contribution is -2.21. The molecule has 0 spiro atoms. The van der Waals surface area contributed by atoms with Crippen LogP contribution in [0.1, 0.15) is 26.2 Å². The van der Waals surface area contributed by atoms with Crippen LogP contribution in [-0.4, -0.2) is 5.78 Å². The molecule has 1 rings (SSSR count). The molecule has 0 aromatic carbocycles. The van der Waals surface area contributed by atoms with Gasteiger partial charge >= 0.3 is 0 Å². The van der Waals surface area contributed by atoms with Crippen molar-refractivity contribution in [3.8, 4) is 6.07 Å². The van der Waals surface area contributed by atoms with Gasteiger partial charge in [0.15, 0.2) is 5.78 Å². The minimum absolute atomic E-state index is 0.160. The van der Waals surface area contributed by atoms with Gasteiger partial charge in [0.05, 0.1) is 11.5 Å². The van der Waals surface area contributed by atoms with Crippen LogP contribution >= 0.6 is 0 Å². The van der Waals surface area contributed by atoms with Crippen LogP contribution < -0.4 is 0 Å². The highest BCUT2D eigenvalue weighted by atomic mass is 16.1. The Morgan fingerprint density at radius 3 is 3.08 bits per heavy atom. The average molecular weight is 175 g/mol. The molecule has 0 aromatic heterocycles. The van der Waals surface area contributed by atoms with E-state index in [0.717, 1.165) is 5.57 Å². The lowest BCUT2D eigenvalue weighted by Gasteiger charge is -2.23. The largest absolute Gasteiger partial charge is 0.295 e. The molecular weight excluding hydrogens is 162 g/mol. The van der Waals surface area contributed by atoms with Crippen LogP contribution in [0.5, 0.6) is 0 Å². The highest BCUT2D eigenvalue weighted by Crippen LogP contribution is 2.32. The standard InChI is InChI=1S/C11H13NO/c1-3-4-9-7-11(2,8-12)6-5-10(9)13/h3,7H,1,4-6H2,2H3. The summed E-state index contributed by atoms with van der Waals surface area (Å²) in [6.45, 7) is 5.45. The van der Waals surface area contributed by atoms with Gasteiger partial charge in [0, 0.05) is 6.42 Å². The summed E-state index contributed by atoms with van der Waals surface area (Å²) in [5.41, 5.74) is 0.289. The molecule has 0 amide bonds. The molecule has 0 saturated heterocycles. The van der Waals surface area contributed by atoms with Crippen molar-refractivity contribution in [2.45, 2.75) is 26.2 Å². The molecule has 1 unspecified atom stereocenters. The summed E-state index contributed by atoms with van der Waals surface area (Å²) < 4.78 is 0. The molecule has 0 N–H and O–H groups in total. The molecule has 0 aliphatic heterocycles. The van der Waals surface area contributed by atoms with Crippen LogP contribution in [0.3, 0.4) is 0 Å². The van der Waals surface area contributed by atoms with Gasteiger partial charge in [-0.15, -0.1) is 6.58 Å². The van der Waals surface area contributed by atoms with Crippen LogP contribution in [-0.2, 0) is 4.79 Å². The molecule has 2 nitrogen and oxygen atoms in total. The fourth-order valence-corrected chi connectivity index (χ4v) is 1.49. The van der Waals surface area contributed by atoms with Gasteiger partial charge in [-0.3, -0.25) is 4.79 Å². The second-order valence-corrected chi connectivity index (χ2v) is 3.61. The number of Topliss-reactive ketones (excluding diaryl/α,β-unsaturated/α-hetero) is 1. The number of hydrogen-bond acceptors (Lipinski definition) is 2. The first-order valence-electron chi connectivity index (χ1n) is 4.38. The average Bonchev–Trinajstić information content (AvgIpc) is 2.12. The van der Waals surface area contributed by atoms with Gasteiger partial charge in [0.25, 0.3) is 0 Å². The number of carbonyl (C=O) groups excluding carboxylic acids is 1. The molecule has 0 heterocycles. The normalized spacial score (nSPS) is 27.7. The van der Waals surface area contributed by atoms with Crippen molar-refractivity contribution < 1.29 is 4.79 Å². The number of ketones is 1. The van der Waals surface area contributed by atoms with E-state index in [-0.39, 0.29) is 5.78 Å². The number of hydrogen-bond donors (Lipinski definition) is 0. The third-order valence-corrected chi connectivity index (χ3v) is 2.34. The third-order valence-electron chi connectivity index (χ3n) is 2.34. The first-order chi connectivity index (χ1) is 6.11. The first-order valence-corrected chi connectivity index (χ1v) is 4.38. The molecule has 0 fully saturated rings. The van der Waals surface area contributed by atoms with E-state index in [1.165, 1.54) is 0 Å². The summed E-state index contributed by atoms with van der Waals surface area (Å²) in [5.74, 6) is 0.160. The van der Waals surface area contributed by atoms with E-state index in [2.05, 4.69) is 12.6 Å². The van der Waals surface area contributed by atoms with Crippen LogP contribution in [0.15, 0.2) is 24.3 Å². The van der Waals surface area contributed by atoms with Crippen LogP contribution in [0.25, 0.3) is 0 Å². The van der Waals surface area contributed by atoms with Crippen LogP contribution in [0.4, 0.5) is 0 Å². The quantitative estimate of drug-likeness (QED) is 0.604. The van der Waals surface area contributed by atoms with Crippen molar-refractivity contribution in [1.29, 1.82) is 5.26 Å². The van der Waals surface area contributed by atoms with Gasteiger partial charge in [-0.2, -0.15) is 5.26 Å². The second-order valence-electron chi connectivity index (χ2n) is 3.61. The van der Waals surface area contributed by atoms with Gasteiger partial charge < -0.3 is 0 Å². The number of allylic oxidation sites excluding steroid dienone is 3. The lowest BCUT2D eigenvalue weighted by atomic mass is 9.78. The molecule has 0 bridgehead atoms. The second kappa shape index (κ2) is 3.57.